The van der Waals surface area contributed by atoms with Crippen molar-refractivity contribution in [3.8, 4) is 0 Å². The SMILES string of the molecule is CCOC(=O)c1ccccc1NC(=O)[C@H](CCSC)N1C(=O)c2ccccc2C1=O. The van der Waals surface area contributed by atoms with E-state index < -0.39 is 29.7 Å². The Morgan fingerprint density at radius 1 is 1.03 bits per heavy atom. The van der Waals surface area contributed by atoms with E-state index in [9.17, 15) is 19.2 Å². The van der Waals surface area contributed by atoms with Crippen LogP contribution in [0.1, 0.15) is 44.4 Å². The summed E-state index contributed by atoms with van der Waals surface area (Å²) >= 11 is 1.51. The van der Waals surface area contributed by atoms with E-state index in [1.54, 1.807) is 55.5 Å². The van der Waals surface area contributed by atoms with Gasteiger partial charge < -0.3 is 10.1 Å². The van der Waals surface area contributed by atoms with Crippen LogP contribution in [0.5, 0.6) is 0 Å². The van der Waals surface area contributed by atoms with E-state index in [-0.39, 0.29) is 29.0 Å². The lowest BCUT2D eigenvalue weighted by Crippen LogP contribution is -2.47. The van der Waals surface area contributed by atoms with Crippen molar-refractivity contribution in [3.05, 3.63) is 65.2 Å². The molecule has 0 spiro atoms. The topological polar surface area (TPSA) is 92.8 Å². The predicted molar refractivity (Wildman–Crippen MR) is 115 cm³/mol. The van der Waals surface area contributed by atoms with Gasteiger partial charge in [-0.2, -0.15) is 11.8 Å². The summed E-state index contributed by atoms with van der Waals surface area (Å²) in [6.45, 7) is 1.90. The number of anilines is 1. The molecule has 0 unspecified atom stereocenters. The molecule has 1 atom stereocenters. The van der Waals surface area contributed by atoms with E-state index in [1.807, 2.05) is 6.26 Å². The molecule has 3 amide bonds. The van der Waals surface area contributed by atoms with Crippen LogP contribution in [0.25, 0.3) is 0 Å². The molecule has 30 heavy (non-hydrogen) atoms. The van der Waals surface area contributed by atoms with Crippen LogP contribution in [0.2, 0.25) is 0 Å². The van der Waals surface area contributed by atoms with Crippen LogP contribution in [0.15, 0.2) is 48.5 Å². The minimum atomic E-state index is -1.000. The molecule has 1 N–H and O–H groups in total. The van der Waals surface area contributed by atoms with Gasteiger partial charge in [-0.3, -0.25) is 19.3 Å². The van der Waals surface area contributed by atoms with Crippen molar-refractivity contribution in [1.29, 1.82) is 0 Å². The normalized spacial score (nSPS) is 13.7. The van der Waals surface area contributed by atoms with Crippen LogP contribution in [-0.4, -0.2) is 53.2 Å². The van der Waals surface area contributed by atoms with Gasteiger partial charge in [0, 0.05) is 0 Å². The highest BCUT2D eigenvalue weighted by Gasteiger charge is 2.42. The summed E-state index contributed by atoms with van der Waals surface area (Å²) in [6.07, 6.45) is 2.17. The van der Waals surface area contributed by atoms with Crippen molar-refractivity contribution < 1.29 is 23.9 Å². The molecule has 0 fully saturated rings. The average Bonchev–Trinajstić information content (AvgIpc) is 3.00. The lowest BCUT2D eigenvalue weighted by Gasteiger charge is -2.25. The lowest BCUT2D eigenvalue weighted by atomic mass is 10.1. The number of ether oxygens (including phenoxy) is 1. The number of para-hydroxylation sites is 1. The van der Waals surface area contributed by atoms with Crippen molar-refractivity contribution in [2.45, 2.75) is 19.4 Å². The number of fused-ring (bicyclic) bond motifs is 1. The highest BCUT2D eigenvalue weighted by Crippen LogP contribution is 2.27. The summed E-state index contributed by atoms with van der Waals surface area (Å²) in [5.74, 6) is -1.50. The minimum absolute atomic E-state index is 0.201. The highest BCUT2D eigenvalue weighted by molar-refractivity contribution is 7.98. The number of benzene rings is 2. The zero-order valence-electron chi connectivity index (χ0n) is 16.7. The fourth-order valence-corrected chi connectivity index (χ4v) is 3.75. The van der Waals surface area contributed by atoms with E-state index in [0.29, 0.717) is 12.2 Å². The number of carbonyl (C=O) groups is 4. The number of carbonyl (C=O) groups excluding carboxylic acids is 4. The third-order valence-electron chi connectivity index (χ3n) is 4.72. The van der Waals surface area contributed by atoms with Gasteiger partial charge in [0.25, 0.3) is 11.8 Å². The van der Waals surface area contributed by atoms with Crippen molar-refractivity contribution in [1.82, 2.24) is 4.90 Å². The van der Waals surface area contributed by atoms with E-state index in [0.717, 1.165) is 4.90 Å². The number of esters is 1. The number of nitrogens with zero attached hydrogens (tertiary/aromatic N) is 1. The molecule has 7 nitrogen and oxygen atoms in total. The van der Waals surface area contributed by atoms with Crippen molar-refractivity contribution in [2.75, 3.05) is 23.9 Å². The average molecular weight is 426 g/mol. The molecule has 0 aromatic heterocycles. The van der Waals surface area contributed by atoms with Gasteiger partial charge in [-0.1, -0.05) is 24.3 Å². The number of rotatable bonds is 8. The van der Waals surface area contributed by atoms with Gasteiger partial charge in [-0.15, -0.1) is 0 Å². The van der Waals surface area contributed by atoms with E-state index in [4.69, 9.17) is 4.74 Å². The summed E-state index contributed by atoms with van der Waals surface area (Å²) in [5.41, 5.74) is 1.05. The predicted octanol–water partition coefficient (Wildman–Crippen LogP) is 3.22. The molecule has 1 aliphatic heterocycles. The van der Waals surface area contributed by atoms with Gasteiger partial charge in [-0.25, -0.2) is 4.79 Å². The van der Waals surface area contributed by atoms with Gasteiger partial charge in [0.05, 0.1) is 29.0 Å². The Labute approximate surface area is 178 Å². The van der Waals surface area contributed by atoms with Crippen LogP contribution in [0, 0.1) is 0 Å². The molecule has 2 aromatic rings. The van der Waals surface area contributed by atoms with Gasteiger partial charge in [-0.05, 0) is 49.6 Å². The number of nitrogens with one attached hydrogen (secondary N) is 1. The first-order valence-electron chi connectivity index (χ1n) is 9.52. The zero-order valence-corrected chi connectivity index (χ0v) is 17.5. The molecule has 1 aliphatic rings. The maximum Gasteiger partial charge on any atom is 0.340 e. The number of thioether (sulfide) groups is 1. The van der Waals surface area contributed by atoms with Crippen LogP contribution in [0.4, 0.5) is 5.69 Å². The van der Waals surface area contributed by atoms with Crippen LogP contribution in [-0.2, 0) is 9.53 Å². The number of hydrogen-bond acceptors (Lipinski definition) is 6. The molecule has 2 aromatic carbocycles. The van der Waals surface area contributed by atoms with Gasteiger partial charge in [0.1, 0.15) is 6.04 Å². The van der Waals surface area contributed by atoms with E-state index >= 15 is 0 Å². The van der Waals surface area contributed by atoms with Gasteiger partial charge in [0.2, 0.25) is 5.91 Å². The Hall–Kier alpha value is -3.13. The van der Waals surface area contributed by atoms with Crippen LogP contribution in [0.3, 0.4) is 0 Å². The van der Waals surface area contributed by atoms with Gasteiger partial charge >= 0.3 is 5.97 Å². The zero-order chi connectivity index (χ0) is 21.7. The van der Waals surface area contributed by atoms with Crippen LogP contribution >= 0.6 is 11.8 Å². The molecule has 0 bridgehead atoms. The van der Waals surface area contributed by atoms with Crippen molar-refractivity contribution in [2.24, 2.45) is 0 Å². The fraction of sp³-hybridized carbons (Fsp3) is 0.273. The highest BCUT2D eigenvalue weighted by atomic mass is 32.2. The van der Waals surface area contributed by atoms with Crippen LogP contribution < -0.4 is 5.32 Å². The first-order valence-corrected chi connectivity index (χ1v) is 10.9. The molecule has 156 valence electrons. The molecule has 1 heterocycles. The minimum Gasteiger partial charge on any atom is -0.462 e. The van der Waals surface area contributed by atoms with Gasteiger partial charge in [0.15, 0.2) is 0 Å². The van der Waals surface area contributed by atoms with Crippen molar-refractivity contribution >= 4 is 41.1 Å². The summed E-state index contributed by atoms with van der Waals surface area (Å²) in [7, 11) is 0. The second-order valence-electron chi connectivity index (χ2n) is 6.58. The Balaban J connectivity index is 1.89. The first kappa shape index (κ1) is 21.6. The third-order valence-corrected chi connectivity index (χ3v) is 5.36. The summed E-state index contributed by atoms with van der Waals surface area (Å²) in [4.78, 5) is 52.1. The molecule has 0 radical (unpaired) electrons. The smallest absolute Gasteiger partial charge is 0.340 e. The Morgan fingerprint density at radius 3 is 2.23 bits per heavy atom. The third kappa shape index (κ3) is 4.23. The summed E-state index contributed by atoms with van der Waals surface area (Å²) in [5, 5.41) is 2.71. The number of hydrogen-bond donors (Lipinski definition) is 1. The van der Waals surface area contributed by atoms with E-state index in [2.05, 4.69) is 5.32 Å². The second-order valence-corrected chi connectivity index (χ2v) is 7.56. The monoisotopic (exact) mass is 426 g/mol. The molecule has 3 rings (SSSR count). The molecule has 0 aliphatic carbocycles. The van der Waals surface area contributed by atoms with Crippen molar-refractivity contribution in [3.63, 3.8) is 0 Å². The largest absolute Gasteiger partial charge is 0.462 e. The maximum absolute atomic E-state index is 13.2. The fourth-order valence-electron chi connectivity index (χ4n) is 3.29. The summed E-state index contributed by atoms with van der Waals surface area (Å²) in [6, 6.07) is 12.0. The number of amides is 3. The first-order chi connectivity index (χ1) is 14.5. The Bertz CT molecular complexity index is 956. The molecule has 8 heteroatoms. The van der Waals surface area contributed by atoms with E-state index in [1.165, 1.54) is 11.8 Å². The number of imide groups is 1. The quantitative estimate of drug-likeness (QED) is 0.515. The Morgan fingerprint density at radius 2 is 1.63 bits per heavy atom. The standard InChI is InChI=1S/C22H22N2O5S/c1-3-29-22(28)16-10-6-7-11-17(16)23-19(25)18(12-13-30-2)24-20(26)14-8-4-5-9-15(14)21(24)27/h4-11,18H,3,12-13H2,1-2H3,(H,23,25)/t18-/m0/s1. The molecular formula is C22H22N2O5S. The maximum atomic E-state index is 13.2. The molecule has 0 saturated heterocycles. The lowest BCUT2D eigenvalue weighted by molar-refractivity contribution is -0.120. The second kappa shape index (κ2) is 9.58. The summed E-state index contributed by atoms with van der Waals surface area (Å²) < 4.78 is 5.04. The Kier molecular flexibility index (Phi) is 6.89. The molecular weight excluding hydrogens is 404 g/mol. The molecule has 0 saturated carbocycles.